The Morgan fingerprint density at radius 3 is 2.92 bits per heavy atom. The Bertz CT molecular complexity index is 559. The predicted molar refractivity (Wildman–Crippen MR) is 94.4 cm³/mol. The monoisotopic (exact) mass is 331 g/mol. The molecule has 1 aliphatic heterocycles. The third-order valence-electron chi connectivity index (χ3n) is 5.11. The molecule has 132 valence electrons. The molecule has 1 heterocycles. The summed E-state index contributed by atoms with van der Waals surface area (Å²) in [5.41, 5.74) is 3.21. The van der Waals surface area contributed by atoms with Gasteiger partial charge in [-0.25, -0.2) is 4.79 Å². The number of carbonyl (C=O) groups excluding carboxylic acids is 1. The maximum absolute atomic E-state index is 11.9. The van der Waals surface area contributed by atoms with Gasteiger partial charge in [0, 0.05) is 17.5 Å². The third kappa shape index (κ3) is 4.58. The van der Waals surface area contributed by atoms with E-state index in [9.17, 15) is 4.79 Å². The second kappa shape index (κ2) is 7.66. The Morgan fingerprint density at radius 1 is 1.38 bits per heavy atom. The second-order valence-corrected chi connectivity index (χ2v) is 7.35. The van der Waals surface area contributed by atoms with Crippen LogP contribution in [0.3, 0.4) is 0 Å². The zero-order valence-corrected chi connectivity index (χ0v) is 14.8. The number of hydrogen-bond donors (Lipinski definition) is 1. The quantitative estimate of drug-likeness (QED) is 0.362. The summed E-state index contributed by atoms with van der Waals surface area (Å²) in [6, 6.07) is 0.650. The summed E-state index contributed by atoms with van der Waals surface area (Å²) in [6.07, 6.45) is 10.7. The topological polar surface area (TPSA) is 47.6 Å². The SMILES string of the molecule is C=C1C(=O)OC2/C=C(\C)CC/C=C(/COC(C)NC3CC3)CCC12. The fourth-order valence-electron chi connectivity index (χ4n) is 3.42. The first-order chi connectivity index (χ1) is 11.5. The van der Waals surface area contributed by atoms with E-state index in [1.165, 1.54) is 24.0 Å². The lowest BCUT2D eigenvalue weighted by Crippen LogP contribution is -2.31. The van der Waals surface area contributed by atoms with Crippen molar-refractivity contribution in [2.75, 3.05) is 6.61 Å². The number of ether oxygens (including phenoxy) is 2. The minimum Gasteiger partial charge on any atom is -0.454 e. The molecule has 3 rings (SSSR count). The Kier molecular flexibility index (Phi) is 5.57. The smallest absolute Gasteiger partial charge is 0.334 e. The third-order valence-corrected chi connectivity index (χ3v) is 5.11. The van der Waals surface area contributed by atoms with Crippen LogP contribution in [0.25, 0.3) is 0 Å². The average Bonchev–Trinajstić information content (AvgIpc) is 3.30. The summed E-state index contributed by atoms with van der Waals surface area (Å²) in [7, 11) is 0. The summed E-state index contributed by atoms with van der Waals surface area (Å²) in [5.74, 6) is -0.145. The van der Waals surface area contributed by atoms with Crippen molar-refractivity contribution in [2.45, 2.75) is 70.7 Å². The highest BCUT2D eigenvalue weighted by molar-refractivity contribution is 5.91. The summed E-state index contributed by atoms with van der Waals surface area (Å²) < 4.78 is 11.5. The van der Waals surface area contributed by atoms with Crippen LogP contribution in [0.15, 0.2) is 35.5 Å². The van der Waals surface area contributed by atoms with E-state index >= 15 is 0 Å². The lowest BCUT2D eigenvalue weighted by molar-refractivity contribution is -0.137. The van der Waals surface area contributed by atoms with Crippen molar-refractivity contribution in [1.82, 2.24) is 5.32 Å². The molecule has 0 bridgehead atoms. The van der Waals surface area contributed by atoms with Gasteiger partial charge in [0.05, 0.1) is 6.61 Å². The molecular formula is C20H29NO3. The summed E-state index contributed by atoms with van der Waals surface area (Å²) in [4.78, 5) is 11.9. The fourth-order valence-corrected chi connectivity index (χ4v) is 3.42. The van der Waals surface area contributed by atoms with E-state index in [2.05, 4.69) is 37.9 Å². The molecule has 0 aromatic carbocycles. The highest BCUT2D eigenvalue weighted by Gasteiger charge is 2.37. The van der Waals surface area contributed by atoms with E-state index in [0.717, 1.165) is 25.7 Å². The lowest BCUT2D eigenvalue weighted by atomic mass is 9.88. The van der Waals surface area contributed by atoms with E-state index in [0.29, 0.717) is 18.2 Å². The minimum atomic E-state index is -0.239. The minimum absolute atomic E-state index is 0.0922. The van der Waals surface area contributed by atoms with Crippen LogP contribution < -0.4 is 5.32 Å². The molecule has 1 saturated heterocycles. The predicted octanol–water partition coefficient (Wildman–Crippen LogP) is 3.65. The summed E-state index contributed by atoms with van der Waals surface area (Å²) in [6.45, 7) is 8.79. The molecule has 3 atom stereocenters. The van der Waals surface area contributed by atoms with E-state index in [4.69, 9.17) is 9.47 Å². The molecule has 0 aromatic rings. The first-order valence-electron chi connectivity index (χ1n) is 9.15. The molecular weight excluding hydrogens is 302 g/mol. The fraction of sp³-hybridized carbons (Fsp3) is 0.650. The molecule has 0 radical (unpaired) electrons. The maximum Gasteiger partial charge on any atom is 0.334 e. The van der Waals surface area contributed by atoms with Gasteiger partial charge in [0.1, 0.15) is 12.3 Å². The van der Waals surface area contributed by atoms with Crippen LogP contribution in [0.5, 0.6) is 0 Å². The summed E-state index contributed by atoms with van der Waals surface area (Å²) >= 11 is 0. The number of fused-ring (bicyclic) bond motifs is 1. The molecule has 3 aliphatic rings. The lowest BCUT2D eigenvalue weighted by Gasteiger charge is -2.20. The molecule has 0 amide bonds. The van der Waals surface area contributed by atoms with Gasteiger partial charge in [-0.05, 0) is 64.0 Å². The number of carbonyl (C=O) groups is 1. The van der Waals surface area contributed by atoms with E-state index in [1.54, 1.807) is 0 Å². The normalized spacial score (nSPS) is 33.8. The van der Waals surface area contributed by atoms with Gasteiger partial charge in [-0.1, -0.05) is 18.2 Å². The van der Waals surface area contributed by atoms with Gasteiger partial charge in [-0.2, -0.15) is 0 Å². The number of nitrogens with one attached hydrogen (secondary N) is 1. The highest BCUT2D eigenvalue weighted by atomic mass is 16.6. The van der Waals surface area contributed by atoms with E-state index in [1.807, 2.05) is 0 Å². The molecule has 1 N–H and O–H groups in total. The van der Waals surface area contributed by atoms with Gasteiger partial charge in [0.15, 0.2) is 0 Å². The standard InChI is InChI=1S/C20H29NO3/c1-13-5-4-6-16(12-23-15(3)21-17-8-9-17)7-10-18-14(2)20(22)24-19(18)11-13/h6,11,15,17-19,21H,2,4-5,7-10,12H2,1,3H3/b13-11+,16-6+. The molecule has 2 aliphatic carbocycles. The average molecular weight is 331 g/mol. The molecule has 4 nitrogen and oxygen atoms in total. The second-order valence-electron chi connectivity index (χ2n) is 7.35. The Hall–Kier alpha value is -1.39. The van der Waals surface area contributed by atoms with Crippen molar-refractivity contribution in [3.8, 4) is 0 Å². The van der Waals surface area contributed by atoms with Crippen LogP contribution in [0, 0.1) is 5.92 Å². The van der Waals surface area contributed by atoms with Crippen molar-refractivity contribution in [2.24, 2.45) is 5.92 Å². The van der Waals surface area contributed by atoms with Crippen molar-refractivity contribution < 1.29 is 14.3 Å². The maximum atomic E-state index is 11.9. The molecule has 2 fully saturated rings. The highest BCUT2D eigenvalue weighted by Crippen LogP contribution is 2.34. The molecule has 0 spiro atoms. The van der Waals surface area contributed by atoms with E-state index < -0.39 is 0 Å². The first-order valence-corrected chi connectivity index (χ1v) is 9.15. The van der Waals surface area contributed by atoms with Crippen LogP contribution >= 0.6 is 0 Å². The van der Waals surface area contributed by atoms with Gasteiger partial charge >= 0.3 is 5.97 Å². The Labute approximate surface area is 145 Å². The van der Waals surface area contributed by atoms with Gasteiger partial charge in [-0.3, -0.25) is 5.32 Å². The number of rotatable bonds is 5. The van der Waals surface area contributed by atoms with Crippen molar-refractivity contribution in [3.05, 3.63) is 35.5 Å². The van der Waals surface area contributed by atoms with Crippen LogP contribution in [0.4, 0.5) is 0 Å². The van der Waals surface area contributed by atoms with Gasteiger partial charge < -0.3 is 9.47 Å². The van der Waals surface area contributed by atoms with Crippen LogP contribution in [0.1, 0.15) is 52.4 Å². The zero-order valence-electron chi connectivity index (χ0n) is 14.8. The number of esters is 1. The Morgan fingerprint density at radius 2 is 2.17 bits per heavy atom. The van der Waals surface area contributed by atoms with Gasteiger partial charge in [-0.15, -0.1) is 0 Å². The molecule has 0 aromatic heterocycles. The summed E-state index contributed by atoms with van der Waals surface area (Å²) in [5, 5.41) is 3.46. The van der Waals surface area contributed by atoms with Gasteiger partial charge in [0.25, 0.3) is 0 Å². The van der Waals surface area contributed by atoms with E-state index in [-0.39, 0.29) is 24.2 Å². The van der Waals surface area contributed by atoms with Crippen molar-refractivity contribution in [1.29, 1.82) is 0 Å². The molecule has 4 heteroatoms. The van der Waals surface area contributed by atoms with Crippen molar-refractivity contribution >= 4 is 5.97 Å². The molecule has 1 saturated carbocycles. The van der Waals surface area contributed by atoms with Crippen molar-refractivity contribution in [3.63, 3.8) is 0 Å². The molecule has 3 unspecified atom stereocenters. The van der Waals surface area contributed by atoms with Gasteiger partial charge in [0.2, 0.25) is 0 Å². The largest absolute Gasteiger partial charge is 0.454 e. The first kappa shape index (κ1) is 17.4. The number of allylic oxidation sites excluding steroid dienone is 2. The van der Waals surface area contributed by atoms with Crippen LogP contribution in [-0.2, 0) is 14.3 Å². The van der Waals surface area contributed by atoms with Crippen LogP contribution in [-0.4, -0.2) is 30.9 Å². The number of hydrogen-bond acceptors (Lipinski definition) is 4. The van der Waals surface area contributed by atoms with Crippen LogP contribution in [0.2, 0.25) is 0 Å². The zero-order chi connectivity index (χ0) is 17.1. The molecule has 24 heavy (non-hydrogen) atoms. The Balaban J connectivity index is 1.60.